The van der Waals surface area contributed by atoms with Gasteiger partial charge in [0.2, 0.25) is 0 Å². The summed E-state index contributed by atoms with van der Waals surface area (Å²) in [5, 5.41) is 0. The summed E-state index contributed by atoms with van der Waals surface area (Å²) in [6.07, 6.45) is 0.958. The molecule has 0 saturated carbocycles. The zero-order valence-electron chi connectivity index (χ0n) is 8.69. The van der Waals surface area contributed by atoms with Crippen molar-refractivity contribution in [2.45, 2.75) is 39.7 Å². The van der Waals surface area contributed by atoms with Crippen LogP contribution in [0.3, 0.4) is 0 Å². The summed E-state index contributed by atoms with van der Waals surface area (Å²) in [7, 11) is 0. The van der Waals surface area contributed by atoms with Crippen molar-refractivity contribution in [2.75, 3.05) is 13.1 Å². The third-order valence-electron chi connectivity index (χ3n) is 3.06. The number of alkyl halides is 2. The third-order valence-corrected chi connectivity index (χ3v) is 3.06. The molecular formula is C10H19F2N. The molecule has 0 aromatic rings. The predicted molar refractivity (Wildman–Crippen MR) is 49.8 cm³/mol. The van der Waals surface area contributed by atoms with Crippen LogP contribution in [0.4, 0.5) is 8.78 Å². The van der Waals surface area contributed by atoms with Gasteiger partial charge in [0.25, 0.3) is 0 Å². The number of rotatable bonds is 2. The van der Waals surface area contributed by atoms with E-state index in [2.05, 4.69) is 0 Å². The van der Waals surface area contributed by atoms with Gasteiger partial charge in [0.05, 0.1) is 0 Å². The minimum atomic E-state index is -2.57. The third kappa shape index (κ3) is 2.39. The maximum atomic E-state index is 13.4. The van der Waals surface area contributed by atoms with Gasteiger partial charge in [0.15, 0.2) is 0 Å². The quantitative estimate of drug-likeness (QED) is 0.606. The van der Waals surface area contributed by atoms with Crippen LogP contribution in [0.15, 0.2) is 0 Å². The molecule has 1 aliphatic heterocycles. The Hall–Kier alpha value is -0.180. The van der Waals surface area contributed by atoms with Crippen LogP contribution < -0.4 is 0 Å². The first-order valence-electron chi connectivity index (χ1n) is 5.10. The topological polar surface area (TPSA) is 3.24 Å². The first-order chi connectivity index (χ1) is 5.97. The fraction of sp³-hybridized carbons (Fsp3) is 1.00. The van der Waals surface area contributed by atoms with Gasteiger partial charge >= 0.3 is 6.05 Å². The van der Waals surface area contributed by atoms with Crippen molar-refractivity contribution < 1.29 is 8.78 Å². The fourth-order valence-corrected chi connectivity index (χ4v) is 1.99. The average molecular weight is 191 g/mol. The normalized spacial score (nSPS) is 29.5. The van der Waals surface area contributed by atoms with E-state index in [1.54, 1.807) is 6.92 Å². The zero-order chi connectivity index (χ0) is 10.1. The second kappa shape index (κ2) is 3.91. The number of nitrogens with zero attached hydrogens (tertiary/aromatic N) is 1. The lowest BCUT2D eigenvalue weighted by Crippen LogP contribution is -2.48. The minimum Gasteiger partial charge on any atom is -0.245 e. The van der Waals surface area contributed by atoms with E-state index in [4.69, 9.17) is 0 Å². The number of piperidine rings is 1. The van der Waals surface area contributed by atoms with Crippen molar-refractivity contribution in [1.29, 1.82) is 0 Å². The summed E-state index contributed by atoms with van der Waals surface area (Å²) >= 11 is 0. The first-order valence-corrected chi connectivity index (χ1v) is 5.10. The molecule has 0 N–H and O–H groups in total. The lowest BCUT2D eigenvalue weighted by atomic mass is 9.85. The van der Waals surface area contributed by atoms with Crippen molar-refractivity contribution in [3.8, 4) is 0 Å². The number of hydrogen-bond donors (Lipinski definition) is 0. The molecule has 1 fully saturated rings. The molecule has 1 unspecified atom stereocenters. The van der Waals surface area contributed by atoms with Crippen LogP contribution in [0.1, 0.15) is 33.6 Å². The number of halogens is 2. The maximum Gasteiger partial charge on any atom is 0.305 e. The van der Waals surface area contributed by atoms with Crippen LogP contribution in [0, 0.1) is 11.8 Å². The second-order valence-corrected chi connectivity index (χ2v) is 4.24. The Bertz CT molecular complexity index is 168. The largest absolute Gasteiger partial charge is 0.305 e. The molecule has 0 aliphatic carbocycles. The van der Waals surface area contributed by atoms with Gasteiger partial charge in [-0.3, -0.25) is 0 Å². The maximum absolute atomic E-state index is 13.4. The van der Waals surface area contributed by atoms with Gasteiger partial charge in [-0.05, 0) is 18.3 Å². The Labute approximate surface area is 79.1 Å². The van der Waals surface area contributed by atoms with Gasteiger partial charge in [0.1, 0.15) is 0 Å². The predicted octanol–water partition coefficient (Wildman–Crippen LogP) is 2.97. The molecule has 0 aromatic heterocycles. The van der Waals surface area contributed by atoms with Gasteiger partial charge < -0.3 is 0 Å². The highest BCUT2D eigenvalue weighted by Gasteiger charge is 2.42. The molecule has 3 heteroatoms. The lowest BCUT2D eigenvalue weighted by molar-refractivity contribution is -0.182. The Morgan fingerprint density at radius 3 is 2.46 bits per heavy atom. The van der Waals surface area contributed by atoms with Crippen LogP contribution in [0.2, 0.25) is 0 Å². The molecule has 13 heavy (non-hydrogen) atoms. The van der Waals surface area contributed by atoms with E-state index in [-0.39, 0.29) is 12.3 Å². The van der Waals surface area contributed by atoms with E-state index in [9.17, 15) is 8.78 Å². The minimum absolute atomic E-state index is 0.0402. The molecule has 0 amide bonds. The summed E-state index contributed by atoms with van der Waals surface area (Å²) < 4.78 is 26.8. The number of hydrogen-bond acceptors (Lipinski definition) is 1. The van der Waals surface area contributed by atoms with Crippen molar-refractivity contribution >= 4 is 0 Å². The summed E-state index contributed by atoms with van der Waals surface area (Å²) in [6.45, 7) is 6.86. The van der Waals surface area contributed by atoms with Crippen LogP contribution in [0.5, 0.6) is 0 Å². The van der Waals surface area contributed by atoms with E-state index in [1.807, 2.05) is 13.8 Å². The smallest absolute Gasteiger partial charge is 0.245 e. The highest BCUT2D eigenvalue weighted by Crippen LogP contribution is 2.37. The molecule has 1 atom stereocenters. The van der Waals surface area contributed by atoms with E-state index in [0.29, 0.717) is 19.0 Å². The van der Waals surface area contributed by atoms with E-state index < -0.39 is 6.05 Å². The van der Waals surface area contributed by atoms with Gasteiger partial charge in [-0.1, -0.05) is 20.8 Å². The van der Waals surface area contributed by atoms with Crippen molar-refractivity contribution in [3.05, 3.63) is 0 Å². The van der Waals surface area contributed by atoms with Gasteiger partial charge in [-0.25, -0.2) is 4.90 Å². The standard InChI is InChI=1S/C10H19F2N/c1-4-13-6-5-9(8(2)3)7-10(13,11)12/h8-9H,4-7H2,1-3H3. The molecule has 0 aromatic carbocycles. The van der Waals surface area contributed by atoms with Crippen molar-refractivity contribution in [2.24, 2.45) is 11.8 Å². The van der Waals surface area contributed by atoms with Crippen molar-refractivity contribution in [1.82, 2.24) is 4.90 Å². The van der Waals surface area contributed by atoms with E-state index >= 15 is 0 Å². The van der Waals surface area contributed by atoms with Gasteiger partial charge in [-0.2, -0.15) is 8.78 Å². The Morgan fingerprint density at radius 1 is 1.46 bits per heavy atom. The van der Waals surface area contributed by atoms with Crippen LogP contribution in [-0.4, -0.2) is 24.0 Å². The lowest BCUT2D eigenvalue weighted by Gasteiger charge is -2.39. The second-order valence-electron chi connectivity index (χ2n) is 4.24. The Morgan fingerprint density at radius 2 is 2.08 bits per heavy atom. The summed E-state index contributed by atoms with van der Waals surface area (Å²) in [6, 6.07) is -2.57. The van der Waals surface area contributed by atoms with Crippen molar-refractivity contribution in [3.63, 3.8) is 0 Å². The SMILES string of the molecule is CCN1CCC(C(C)C)CC1(F)F. The van der Waals surface area contributed by atoms with Crippen LogP contribution in [0.25, 0.3) is 0 Å². The molecule has 78 valence electrons. The molecule has 0 spiro atoms. The molecule has 1 aliphatic rings. The van der Waals surface area contributed by atoms with E-state index in [0.717, 1.165) is 6.42 Å². The van der Waals surface area contributed by atoms with Gasteiger partial charge in [0, 0.05) is 19.5 Å². The molecule has 1 nitrogen and oxygen atoms in total. The summed E-state index contributed by atoms with van der Waals surface area (Å²) in [5.74, 6) is 0.572. The average Bonchev–Trinajstić information content (AvgIpc) is 2.02. The zero-order valence-corrected chi connectivity index (χ0v) is 8.69. The molecule has 0 bridgehead atoms. The molecule has 1 rings (SSSR count). The highest BCUT2D eigenvalue weighted by molar-refractivity contribution is 4.81. The first kappa shape index (κ1) is 10.9. The van der Waals surface area contributed by atoms with Gasteiger partial charge in [-0.15, -0.1) is 0 Å². The molecule has 1 saturated heterocycles. The monoisotopic (exact) mass is 191 g/mol. The van der Waals surface area contributed by atoms with Crippen LogP contribution in [-0.2, 0) is 0 Å². The fourth-order valence-electron chi connectivity index (χ4n) is 1.99. The number of likely N-dealkylation sites (tertiary alicyclic amines) is 1. The molecule has 1 heterocycles. The highest BCUT2D eigenvalue weighted by atomic mass is 19.3. The summed E-state index contributed by atoms with van der Waals surface area (Å²) in [4.78, 5) is 1.28. The Kier molecular flexibility index (Phi) is 3.28. The summed E-state index contributed by atoms with van der Waals surface area (Å²) in [5.41, 5.74) is 0. The Balaban J connectivity index is 2.59. The molecular weight excluding hydrogens is 172 g/mol. The molecule has 0 radical (unpaired) electrons. The van der Waals surface area contributed by atoms with E-state index in [1.165, 1.54) is 4.90 Å². The van der Waals surface area contributed by atoms with Crippen LogP contribution >= 0.6 is 0 Å².